The lowest BCUT2D eigenvalue weighted by atomic mass is 9.49. The number of aromatic nitrogens is 1. The third kappa shape index (κ3) is 3.84. The molecule has 4 saturated carbocycles. The number of aryl methyl sites for hydroxylation is 1. The highest BCUT2D eigenvalue weighted by Crippen LogP contribution is 2.61. The molecule has 4 bridgehead atoms. The van der Waals surface area contributed by atoms with Gasteiger partial charge >= 0.3 is 0 Å². The Morgan fingerprint density at radius 2 is 1.79 bits per heavy atom. The van der Waals surface area contributed by atoms with Gasteiger partial charge in [-0.1, -0.05) is 6.07 Å². The summed E-state index contributed by atoms with van der Waals surface area (Å²) >= 11 is 1.54. The summed E-state index contributed by atoms with van der Waals surface area (Å²) in [6.45, 7) is 1.80. The van der Waals surface area contributed by atoms with Crippen LogP contribution in [0, 0.1) is 30.1 Å². The van der Waals surface area contributed by atoms with E-state index in [0.717, 1.165) is 22.6 Å². The van der Waals surface area contributed by atoms with E-state index in [2.05, 4.69) is 15.8 Å². The lowest BCUT2D eigenvalue weighted by Crippen LogP contribution is -2.50. The fourth-order valence-corrected chi connectivity index (χ4v) is 6.97. The van der Waals surface area contributed by atoms with E-state index in [0.29, 0.717) is 23.8 Å². The monoisotopic (exact) mass is 413 g/mol. The zero-order valence-electron chi connectivity index (χ0n) is 16.7. The second kappa shape index (κ2) is 7.27. The summed E-state index contributed by atoms with van der Waals surface area (Å²) in [7, 11) is 0. The van der Waals surface area contributed by atoms with Gasteiger partial charge in [0.25, 0.3) is 0 Å². The van der Waals surface area contributed by atoms with Crippen molar-refractivity contribution in [2.75, 3.05) is 0 Å². The molecule has 2 amide bonds. The van der Waals surface area contributed by atoms with Gasteiger partial charge in [0.05, 0.1) is 17.0 Å². The average molecular weight is 414 g/mol. The lowest BCUT2D eigenvalue weighted by Gasteiger charge is -2.56. The van der Waals surface area contributed by atoms with Crippen LogP contribution in [0.4, 0.5) is 0 Å². The lowest BCUT2D eigenvalue weighted by molar-refractivity contribution is -0.134. The summed E-state index contributed by atoms with van der Waals surface area (Å²) in [6, 6.07) is 3.87. The largest absolute Gasteiger partial charge is 0.440 e. The minimum absolute atomic E-state index is 0.0727. The molecule has 2 N–H and O–H groups in total. The molecule has 2 aromatic rings. The number of nitrogens with one attached hydrogen (secondary N) is 2. The third-order valence-electron chi connectivity index (χ3n) is 6.99. The van der Waals surface area contributed by atoms with Crippen molar-refractivity contribution in [3.63, 3.8) is 0 Å². The highest BCUT2D eigenvalue weighted by molar-refractivity contribution is 7.13. The number of hydrazine groups is 1. The van der Waals surface area contributed by atoms with E-state index in [-0.39, 0.29) is 23.7 Å². The van der Waals surface area contributed by atoms with E-state index in [1.54, 1.807) is 18.3 Å². The number of amides is 2. The first-order chi connectivity index (χ1) is 14.0. The number of hydrogen-bond donors (Lipinski definition) is 2. The number of rotatable bonds is 5. The van der Waals surface area contributed by atoms with Gasteiger partial charge in [-0.15, -0.1) is 11.3 Å². The normalized spacial score (nSPS) is 29.8. The molecule has 0 radical (unpaired) electrons. The summed E-state index contributed by atoms with van der Waals surface area (Å²) in [4.78, 5) is 30.2. The van der Waals surface area contributed by atoms with Gasteiger partial charge in [-0.25, -0.2) is 4.98 Å². The van der Waals surface area contributed by atoms with Crippen molar-refractivity contribution < 1.29 is 14.0 Å². The molecule has 4 aliphatic carbocycles. The molecule has 4 aliphatic rings. The molecule has 7 heteroatoms. The van der Waals surface area contributed by atoms with Crippen molar-refractivity contribution >= 4 is 23.2 Å². The van der Waals surface area contributed by atoms with E-state index in [9.17, 15) is 9.59 Å². The number of hydrogen-bond acceptors (Lipinski definition) is 5. The van der Waals surface area contributed by atoms with Crippen LogP contribution in [-0.4, -0.2) is 16.8 Å². The summed E-state index contributed by atoms with van der Waals surface area (Å²) in [5.74, 6) is 3.26. The Morgan fingerprint density at radius 1 is 1.14 bits per heavy atom. The highest BCUT2D eigenvalue weighted by atomic mass is 32.1. The van der Waals surface area contributed by atoms with E-state index < -0.39 is 0 Å². The zero-order chi connectivity index (χ0) is 20.0. The first-order valence-corrected chi connectivity index (χ1v) is 11.4. The second-order valence-electron chi connectivity index (χ2n) is 9.37. The Morgan fingerprint density at radius 3 is 2.41 bits per heavy atom. The van der Waals surface area contributed by atoms with Crippen LogP contribution < -0.4 is 10.9 Å². The van der Waals surface area contributed by atoms with Crippen molar-refractivity contribution in [1.82, 2.24) is 15.8 Å². The van der Waals surface area contributed by atoms with Crippen LogP contribution in [0.5, 0.6) is 0 Å². The summed E-state index contributed by atoms with van der Waals surface area (Å²) in [5.41, 5.74) is 5.97. The maximum Gasteiger partial charge on any atom is 0.244 e. The third-order valence-corrected chi connectivity index (χ3v) is 7.85. The Balaban J connectivity index is 1.14. The molecule has 6 rings (SSSR count). The molecule has 29 heavy (non-hydrogen) atoms. The second-order valence-corrected chi connectivity index (χ2v) is 10.3. The first kappa shape index (κ1) is 18.9. The van der Waals surface area contributed by atoms with Crippen molar-refractivity contribution in [2.24, 2.45) is 23.2 Å². The van der Waals surface area contributed by atoms with Crippen LogP contribution in [0.15, 0.2) is 21.9 Å². The quantitative estimate of drug-likeness (QED) is 0.726. The minimum atomic E-state index is -0.280. The average Bonchev–Trinajstić information content (AvgIpc) is 3.29. The topological polar surface area (TPSA) is 84.2 Å². The molecule has 2 aromatic heterocycles. The van der Waals surface area contributed by atoms with Gasteiger partial charge in [-0.05, 0) is 80.1 Å². The van der Waals surface area contributed by atoms with Gasteiger partial charge in [0.2, 0.25) is 17.7 Å². The van der Waals surface area contributed by atoms with E-state index in [4.69, 9.17) is 4.42 Å². The Labute approximate surface area is 174 Å². The molecule has 0 atom stereocenters. The van der Waals surface area contributed by atoms with Gasteiger partial charge in [-0.3, -0.25) is 20.4 Å². The SMILES string of the molecule is Cc1oc(-c2cccs2)nc1CC(=O)NNC(=O)CC12CC3CC(CC(C3)C1)C2. The van der Waals surface area contributed by atoms with Crippen LogP contribution >= 0.6 is 11.3 Å². The molecular formula is C22H27N3O3S. The van der Waals surface area contributed by atoms with Crippen molar-refractivity contribution in [1.29, 1.82) is 0 Å². The maximum atomic E-state index is 12.6. The Hall–Kier alpha value is -2.15. The molecule has 0 unspecified atom stereocenters. The smallest absolute Gasteiger partial charge is 0.244 e. The number of carbonyl (C=O) groups excluding carboxylic acids is 2. The van der Waals surface area contributed by atoms with Gasteiger partial charge in [0.1, 0.15) is 5.76 Å². The van der Waals surface area contributed by atoms with Gasteiger partial charge < -0.3 is 4.42 Å². The van der Waals surface area contributed by atoms with E-state index in [1.165, 1.54) is 38.5 Å². The standard InChI is InChI=1S/C22H27N3O3S/c1-13-17(23-21(28-13)18-3-2-4-29-18)8-19(26)24-25-20(27)12-22-9-14-5-15(10-22)7-16(6-14)11-22/h2-4,14-16H,5-12H2,1H3,(H,24,26)(H,25,27). The van der Waals surface area contributed by atoms with Crippen LogP contribution in [0.2, 0.25) is 0 Å². The minimum Gasteiger partial charge on any atom is -0.440 e. The maximum absolute atomic E-state index is 12.6. The van der Waals surface area contributed by atoms with E-state index >= 15 is 0 Å². The van der Waals surface area contributed by atoms with Crippen molar-refractivity contribution in [3.8, 4) is 10.8 Å². The molecule has 2 heterocycles. The predicted octanol–water partition coefficient (Wildman–Crippen LogP) is 4.01. The molecule has 0 saturated heterocycles. The first-order valence-electron chi connectivity index (χ1n) is 10.6. The zero-order valence-corrected chi connectivity index (χ0v) is 17.5. The van der Waals surface area contributed by atoms with Crippen LogP contribution in [0.3, 0.4) is 0 Å². The van der Waals surface area contributed by atoms with Crippen LogP contribution in [-0.2, 0) is 16.0 Å². The Bertz CT molecular complexity index is 883. The Kier molecular flexibility index (Phi) is 4.73. The summed E-state index contributed by atoms with van der Waals surface area (Å²) in [6.07, 6.45) is 8.25. The number of oxazole rings is 1. The van der Waals surface area contributed by atoms with E-state index in [1.807, 2.05) is 17.5 Å². The molecule has 4 fully saturated rings. The summed E-state index contributed by atoms with van der Waals surface area (Å²) < 4.78 is 5.68. The molecule has 0 spiro atoms. The molecular weight excluding hydrogens is 386 g/mol. The van der Waals surface area contributed by atoms with Crippen molar-refractivity contribution in [2.45, 2.75) is 58.3 Å². The fourth-order valence-electron chi connectivity index (χ4n) is 6.32. The van der Waals surface area contributed by atoms with Gasteiger partial charge in [0, 0.05) is 6.42 Å². The fraction of sp³-hybridized carbons (Fsp3) is 0.591. The van der Waals surface area contributed by atoms with Crippen molar-refractivity contribution in [3.05, 3.63) is 29.0 Å². The molecule has 154 valence electrons. The number of thiophene rings is 1. The van der Waals surface area contributed by atoms with Gasteiger partial charge in [-0.2, -0.15) is 0 Å². The predicted molar refractivity (Wildman–Crippen MR) is 110 cm³/mol. The van der Waals surface area contributed by atoms with Gasteiger partial charge in [0.15, 0.2) is 0 Å². The summed E-state index contributed by atoms with van der Waals surface area (Å²) in [5, 5.41) is 1.96. The van der Waals surface area contributed by atoms with Crippen LogP contribution in [0.25, 0.3) is 10.8 Å². The number of nitrogens with zero attached hydrogens (tertiary/aromatic N) is 1. The number of carbonyl (C=O) groups is 2. The van der Waals surface area contributed by atoms with Crippen LogP contribution in [0.1, 0.15) is 56.4 Å². The molecule has 6 nitrogen and oxygen atoms in total. The molecule has 0 aromatic carbocycles. The highest BCUT2D eigenvalue weighted by Gasteiger charge is 2.51. The molecule has 0 aliphatic heterocycles.